The van der Waals surface area contributed by atoms with Crippen LogP contribution in [0.15, 0.2) is 24.3 Å². The van der Waals surface area contributed by atoms with Crippen LogP contribution < -0.4 is 20.4 Å². The molecule has 2 spiro atoms. The lowest BCUT2D eigenvalue weighted by Crippen LogP contribution is -2.48. The average Bonchev–Trinajstić information content (AvgIpc) is 3.59. The van der Waals surface area contributed by atoms with Crippen molar-refractivity contribution in [2.45, 2.75) is 97.6 Å². The highest BCUT2D eigenvalue weighted by atomic mass is 16.2. The molecule has 0 bridgehead atoms. The number of fused-ring (bicyclic) bond motifs is 4. The van der Waals surface area contributed by atoms with Gasteiger partial charge >= 0.3 is 0 Å². The molecule has 0 aromatic heterocycles. The van der Waals surface area contributed by atoms with Crippen molar-refractivity contribution in [3.05, 3.63) is 57.6 Å². The molecule has 4 atom stereocenters. The molecule has 2 aromatic carbocycles. The molecule has 0 aliphatic carbocycles. The smallest absolute Gasteiger partial charge is 0.257 e. The second kappa shape index (κ2) is 10.5. The normalized spacial score (nSPS) is 27.5. The second-order valence-corrected chi connectivity index (χ2v) is 13.5. The third-order valence-corrected chi connectivity index (χ3v) is 10.3. The first-order valence-corrected chi connectivity index (χ1v) is 15.9. The highest BCUT2D eigenvalue weighted by Crippen LogP contribution is 2.51. The molecule has 228 valence electrons. The summed E-state index contributed by atoms with van der Waals surface area (Å²) in [5.74, 6) is -0.498. The Morgan fingerprint density at radius 3 is 1.30 bits per heavy atom. The van der Waals surface area contributed by atoms with E-state index in [1.807, 2.05) is 51.3 Å². The van der Waals surface area contributed by atoms with Crippen molar-refractivity contribution in [2.75, 3.05) is 22.9 Å². The van der Waals surface area contributed by atoms with Gasteiger partial charge in [0.25, 0.3) is 11.8 Å². The minimum absolute atomic E-state index is 0.00303. The summed E-state index contributed by atoms with van der Waals surface area (Å²) < 4.78 is 0. The largest absolute Gasteiger partial charge is 0.338 e. The molecule has 4 heterocycles. The molecule has 0 radical (unpaired) electrons. The van der Waals surface area contributed by atoms with Gasteiger partial charge in [0, 0.05) is 36.1 Å². The number of unbranched alkanes of at least 4 members (excludes halogenated alkanes) is 4. The van der Waals surface area contributed by atoms with E-state index in [1.54, 1.807) is 0 Å². The molecule has 6 rings (SSSR count). The Kier molecular flexibility index (Phi) is 7.17. The van der Waals surface area contributed by atoms with E-state index in [0.29, 0.717) is 25.9 Å². The van der Waals surface area contributed by atoms with Gasteiger partial charge in [0.05, 0.1) is 11.4 Å². The summed E-state index contributed by atoms with van der Waals surface area (Å²) >= 11 is 0. The fraction of sp³-hybridized carbons (Fsp3) is 0.543. The summed E-state index contributed by atoms with van der Waals surface area (Å²) in [4.78, 5) is 56.7. The van der Waals surface area contributed by atoms with Crippen molar-refractivity contribution in [2.24, 2.45) is 11.8 Å². The van der Waals surface area contributed by atoms with Crippen molar-refractivity contribution in [1.82, 2.24) is 10.6 Å². The Labute approximate surface area is 254 Å². The lowest BCUT2D eigenvalue weighted by molar-refractivity contribution is -0.127. The van der Waals surface area contributed by atoms with Crippen LogP contribution in [-0.2, 0) is 30.3 Å². The minimum atomic E-state index is -0.940. The molecular weight excluding hydrogens is 540 g/mol. The van der Waals surface area contributed by atoms with Crippen LogP contribution in [0.1, 0.15) is 92.2 Å². The molecule has 8 nitrogen and oxygen atoms in total. The topological polar surface area (TPSA) is 98.8 Å². The maximum absolute atomic E-state index is 13.9. The van der Waals surface area contributed by atoms with Crippen LogP contribution in [-0.4, -0.2) is 36.7 Å². The van der Waals surface area contributed by atoms with Gasteiger partial charge in [-0.3, -0.25) is 19.2 Å². The van der Waals surface area contributed by atoms with Gasteiger partial charge in [-0.15, -0.1) is 0 Å². The molecule has 0 saturated carbocycles. The van der Waals surface area contributed by atoms with Crippen LogP contribution in [0, 0.1) is 39.5 Å². The maximum atomic E-state index is 13.9. The van der Waals surface area contributed by atoms with E-state index in [9.17, 15) is 19.2 Å². The molecule has 4 aliphatic rings. The van der Waals surface area contributed by atoms with E-state index in [-0.39, 0.29) is 35.5 Å². The third kappa shape index (κ3) is 4.31. The van der Waals surface area contributed by atoms with Gasteiger partial charge in [0.2, 0.25) is 11.8 Å². The van der Waals surface area contributed by atoms with Crippen molar-refractivity contribution < 1.29 is 19.2 Å². The molecule has 2 N–H and O–H groups in total. The Morgan fingerprint density at radius 1 is 0.605 bits per heavy atom. The number of benzene rings is 2. The van der Waals surface area contributed by atoms with Crippen LogP contribution in [0.2, 0.25) is 0 Å². The Hall–Kier alpha value is -3.68. The Balaban J connectivity index is 1.08. The predicted octanol–water partition coefficient (Wildman–Crippen LogP) is 4.97. The number of carbonyl (C=O) groups is 4. The zero-order valence-electron chi connectivity index (χ0n) is 26.4. The van der Waals surface area contributed by atoms with Crippen LogP contribution in [0.3, 0.4) is 0 Å². The Morgan fingerprint density at radius 2 is 0.953 bits per heavy atom. The van der Waals surface area contributed by atoms with Gasteiger partial charge in [-0.05, 0) is 75.6 Å². The summed E-state index contributed by atoms with van der Waals surface area (Å²) in [5.41, 5.74) is 6.22. The fourth-order valence-corrected chi connectivity index (χ4v) is 8.22. The number of nitrogens with zero attached hydrogens (tertiary/aromatic N) is 2. The number of carbonyl (C=O) groups excluding carboxylic acids is 4. The molecule has 4 aliphatic heterocycles. The quantitative estimate of drug-likeness (QED) is 0.428. The second-order valence-electron chi connectivity index (χ2n) is 13.5. The highest BCUT2D eigenvalue weighted by Gasteiger charge is 2.59. The monoisotopic (exact) mass is 584 g/mol. The van der Waals surface area contributed by atoms with E-state index in [1.165, 1.54) is 0 Å². The molecule has 2 saturated heterocycles. The van der Waals surface area contributed by atoms with Crippen LogP contribution in [0.25, 0.3) is 0 Å². The number of amides is 4. The Bertz CT molecular complexity index is 1440. The van der Waals surface area contributed by atoms with Gasteiger partial charge in [-0.25, -0.2) is 0 Å². The summed E-state index contributed by atoms with van der Waals surface area (Å²) in [7, 11) is 0. The zero-order chi connectivity index (χ0) is 30.8. The number of hydrogen-bond donors (Lipinski definition) is 2. The molecule has 4 amide bonds. The van der Waals surface area contributed by atoms with Gasteiger partial charge in [-0.2, -0.15) is 0 Å². The molecule has 43 heavy (non-hydrogen) atoms. The van der Waals surface area contributed by atoms with Crippen LogP contribution in [0.5, 0.6) is 0 Å². The van der Waals surface area contributed by atoms with E-state index in [4.69, 9.17) is 0 Å². The summed E-state index contributed by atoms with van der Waals surface area (Å²) in [5, 5.41) is 6.17. The first kappa shape index (κ1) is 29.4. The molecule has 8 heteroatoms. The SMILES string of the molecule is Cc1ccc(C)c2c1N(CCCCCCCN1C(=O)C3(CC(C)C(=O)N3)c3c(C)ccc(C)c31)C(=O)C21CC(C)C(=O)N1. The van der Waals surface area contributed by atoms with Gasteiger partial charge in [0.1, 0.15) is 11.1 Å². The summed E-state index contributed by atoms with van der Waals surface area (Å²) in [6.45, 7) is 13.2. The first-order chi connectivity index (χ1) is 20.4. The van der Waals surface area contributed by atoms with Gasteiger partial charge < -0.3 is 20.4 Å². The van der Waals surface area contributed by atoms with E-state index < -0.39 is 11.1 Å². The van der Waals surface area contributed by atoms with Gasteiger partial charge in [0.15, 0.2) is 0 Å². The third-order valence-electron chi connectivity index (χ3n) is 10.3. The van der Waals surface area contributed by atoms with Gasteiger partial charge in [-0.1, -0.05) is 57.4 Å². The molecule has 4 unspecified atom stereocenters. The standard InChI is InChI=1S/C35H44N4O4/c1-20-12-14-22(3)28-26(20)34(18-24(5)30(40)36-34)32(42)38(28)16-10-8-7-9-11-17-39-29-23(4)15-13-21(2)27(29)35(33(39)43)19-25(6)31(41)37-35/h12-15,24-25H,7-11,16-19H2,1-6H3,(H,36,40)(H,37,41). The van der Waals surface area contributed by atoms with Crippen molar-refractivity contribution >= 4 is 35.0 Å². The zero-order valence-corrected chi connectivity index (χ0v) is 26.4. The highest BCUT2D eigenvalue weighted by molar-refractivity contribution is 6.13. The van der Waals surface area contributed by atoms with Crippen LogP contribution >= 0.6 is 0 Å². The molecule has 2 aromatic rings. The predicted molar refractivity (Wildman–Crippen MR) is 167 cm³/mol. The molecular formula is C35H44N4O4. The van der Waals surface area contributed by atoms with E-state index in [0.717, 1.165) is 76.9 Å². The van der Waals surface area contributed by atoms with E-state index in [2.05, 4.69) is 34.9 Å². The number of aryl methyl sites for hydroxylation is 4. The number of hydrogen-bond acceptors (Lipinski definition) is 4. The van der Waals surface area contributed by atoms with Crippen molar-refractivity contribution in [1.29, 1.82) is 0 Å². The van der Waals surface area contributed by atoms with Crippen molar-refractivity contribution in [3.8, 4) is 0 Å². The minimum Gasteiger partial charge on any atom is -0.338 e. The fourth-order valence-electron chi connectivity index (χ4n) is 8.22. The number of anilines is 2. The van der Waals surface area contributed by atoms with Crippen LogP contribution in [0.4, 0.5) is 11.4 Å². The maximum Gasteiger partial charge on any atom is 0.257 e. The van der Waals surface area contributed by atoms with Crippen molar-refractivity contribution in [3.63, 3.8) is 0 Å². The molecule has 2 fully saturated rings. The lowest BCUT2D eigenvalue weighted by atomic mass is 9.84. The number of rotatable bonds is 8. The average molecular weight is 585 g/mol. The lowest BCUT2D eigenvalue weighted by Gasteiger charge is -2.25. The number of nitrogens with one attached hydrogen (secondary N) is 2. The van der Waals surface area contributed by atoms with E-state index >= 15 is 0 Å². The summed E-state index contributed by atoms with van der Waals surface area (Å²) in [6.07, 6.45) is 5.68. The first-order valence-electron chi connectivity index (χ1n) is 15.9. The summed E-state index contributed by atoms with van der Waals surface area (Å²) in [6, 6.07) is 8.24.